The van der Waals surface area contributed by atoms with Gasteiger partial charge in [-0.2, -0.15) is 5.10 Å². The van der Waals surface area contributed by atoms with Gasteiger partial charge in [-0.15, -0.1) is 10.2 Å². The fourth-order valence-corrected chi connectivity index (χ4v) is 2.60. The molecule has 2 N–H and O–H groups in total. The minimum Gasteiger partial charge on any atom is -0.497 e. The van der Waals surface area contributed by atoms with Gasteiger partial charge in [-0.3, -0.25) is 4.79 Å². The maximum atomic E-state index is 12.1. The zero-order valence-corrected chi connectivity index (χ0v) is 15.6. The summed E-state index contributed by atoms with van der Waals surface area (Å²) in [5, 5.41) is 18.7. The number of ether oxygens (including phenoxy) is 1. The molecule has 140 valence electrons. The Morgan fingerprint density at radius 3 is 2.44 bits per heavy atom. The van der Waals surface area contributed by atoms with Crippen molar-refractivity contribution in [3.63, 3.8) is 0 Å². The summed E-state index contributed by atoms with van der Waals surface area (Å²) in [7, 11) is 1.59. The monoisotopic (exact) mass is 366 g/mol. The van der Waals surface area contributed by atoms with E-state index in [9.17, 15) is 4.79 Å². The third-order valence-corrected chi connectivity index (χ3v) is 3.95. The predicted octanol–water partition coefficient (Wildman–Crippen LogP) is 2.13. The highest BCUT2D eigenvalue weighted by Crippen LogP contribution is 2.11. The summed E-state index contributed by atoms with van der Waals surface area (Å²) in [5.41, 5.74) is 2.53. The molecule has 0 aliphatic heterocycles. The van der Waals surface area contributed by atoms with Crippen molar-refractivity contribution in [1.29, 1.82) is 0 Å². The molecule has 2 aromatic heterocycles. The van der Waals surface area contributed by atoms with Crippen molar-refractivity contribution in [3.05, 3.63) is 59.4 Å². The average molecular weight is 366 g/mol. The normalized spacial score (nSPS) is 10.5. The molecule has 1 amide bonds. The summed E-state index contributed by atoms with van der Waals surface area (Å²) >= 11 is 0. The van der Waals surface area contributed by atoms with Crippen LogP contribution in [-0.2, 0) is 0 Å². The van der Waals surface area contributed by atoms with E-state index in [1.54, 1.807) is 36.1 Å². The Labute approximate surface area is 157 Å². The maximum absolute atomic E-state index is 12.1. The van der Waals surface area contributed by atoms with E-state index in [-0.39, 0.29) is 5.91 Å². The molecule has 0 saturated heterocycles. The molecule has 2 heterocycles. The maximum Gasteiger partial charge on any atom is 0.251 e. The van der Waals surface area contributed by atoms with E-state index >= 15 is 0 Å². The van der Waals surface area contributed by atoms with Crippen LogP contribution in [0.2, 0.25) is 0 Å². The van der Waals surface area contributed by atoms with Crippen molar-refractivity contribution < 1.29 is 9.53 Å². The lowest BCUT2D eigenvalue weighted by molar-refractivity contribution is 0.0955. The molecule has 3 aromatic rings. The number of aryl methyl sites for hydroxylation is 2. The van der Waals surface area contributed by atoms with Gasteiger partial charge in [0.05, 0.1) is 12.8 Å². The number of rotatable bonds is 7. The van der Waals surface area contributed by atoms with Crippen LogP contribution >= 0.6 is 0 Å². The molecule has 27 heavy (non-hydrogen) atoms. The van der Waals surface area contributed by atoms with Gasteiger partial charge in [-0.25, -0.2) is 4.68 Å². The highest BCUT2D eigenvalue weighted by molar-refractivity contribution is 5.94. The number of carbonyl (C=O) groups is 1. The molecule has 0 aliphatic rings. The van der Waals surface area contributed by atoms with E-state index in [1.165, 1.54) is 0 Å². The van der Waals surface area contributed by atoms with Gasteiger partial charge in [0.2, 0.25) is 0 Å². The Morgan fingerprint density at radius 1 is 1.07 bits per heavy atom. The third kappa shape index (κ3) is 4.60. The first-order valence-corrected chi connectivity index (χ1v) is 8.60. The molecule has 0 atom stereocenters. The largest absolute Gasteiger partial charge is 0.497 e. The Kier molecular flexibility index (Phi) is 5.65. The van der Waals surface area contributed by atoms with E-state index in [0.29, 0.717) is 30.3 Å². The van der Waals surface area contributed by atoms with Crippen molar-refractivity contribution in [3.8, 4) is 11.6 Å². The van der Waals surface area contributed by atoms with Gasteiger partial charge < -0.3 is 15.4 Å². The average Bonchev–Trinajstić information content (AvgIpc) is 3.03. The Balaban J connectivity index is 1.47. The number of methoxy groups -OCH3 is 1. The van der Waals surface area contributed by atoms with E-state index < -0.39 is 0 Å². The third-order valence-electron chi connectivity index (χ3n) is 3.95. The minimum atomic E-state index is -0.134. The number of benzene rings is 1. The number of nitrogens with one attached hydrogen (secondary N) is 2. The molecule has 1 aromatic carbocycles. The van der Waals surface area contributed by atoms with Gasteiger partial charge >= 0.3 is 0 Å². The van der Waals surface area contributed by atoms with Crippen LogP contribution in [0.3, 0.4) is 0 Å². The van der Waals surface area contributed by atoms with Crippen molar-refractivity contribution in [1.82, 2.24) is 25.3 Å². The van der Waals surface area contributed by atoms with Crippen molar-refractivity contribution in [2.45, 2.75) is 13.8 Å². The lowest BCUT2D eigenvalue weighted by atomic mass is 10.2. The van der Waals surface area contributed by atoms with Crippen molar-refractivity contribution >= 4 is 11.7 Å². The number of nitrogens with zero attached hydrogens (tertiary/aromatic N) is 4. The first-order valence-electron chi connectivity index (χ1n) is 8.60. The lowest BCUT2D eigenvalue weighted by Crippen LogP contribution is -2.28. The molecule has 8 nitrogen and oxygen atoms in total. The van der Waals surface area contributed by atoms with Crippen molar-refractivity contribution in [2.24, 2.45) is 0 Å². The summed E-state index contributed by atoms with van der Waals surface area (Å²) in [4.78, 5) is 12.1. The smallest absolute Gasteiger partial charge is 0.251 e. The summed E-state index contributed by atoms with van der Waals surface area (Å²) in [5.74, 6) is 1.89. The number of hydrogen-bond donors (Lipinski definition) is 2. The Hall–Kier alpha value is -3.42. The summed E-state index contributed by atoms with van der Waals surface area (Å²) in [6.07, 6.45) is 0. The SMILES string of the molecule is COc1ccc(C(=O)NCCNc2ccc(-n3nc(C)cc3C)nn2)cc1. The molecular formula is C19H22N6O2. The van der Waals surface area contributed by atoms with Gasteiger partial charge in [-0.05, 0) is 56.3 Å². The van der Waals surface area contributed by atoms with Gasteiger partial charge in [0.1, 0.15) is 11.6 Å². The highest BCUT2D eigenvalue weighted by Gasteiger charge is 2.07. The first kappa shape index (κ1) is 18.4. The van der Waals surface area contributed by atoms with Crippen LogP contribution in [0.15, 0.2) is 42.5 Å². The number of carbonyl (C=O) groups excluding carboxylic acids is 1. The Morgan fingerprint density at radius 2 is 1.85 bits per heavy atom. The molecule has 0 saturated carbocycles. The lowest BCUT2D eigenvalue weighted by Gasteiger charge is -2.08. The molecule has 0 aliphatic carbocycles. The van der Waals surface area contributed by atoms with Gasteiger partial charge in [-0.1, -0.05) is 0 Å². The second-order valence-corrected chi connectivity index (χ2v) is 6.03. The summed E-state index contributed by atoms with van der Waals surface area (Å²) in [6.45, 7) is 4.91. The highest BCUT2D eigenvalue weighted by atomic mass is 16.5. The van der Waals surface area contributed by atoms with E-state index in [2.05, 4.69) is 25.9 Å². The van der Waals surface area contributed by atoms with Crippen LogP contribution in [0, 0.1) is 13.8 Å². The van der Waals surface area contributed by atoms with Gasteiger partial charge in [0.25, 0.3) is 5.91 Å². The molecule has 8 heteroatoms. The molecular weight excluding hydrogens is 344 g/mol. The number of hydrogen-bond acceptors (Lipinski definition) is 6. The van der Waals surface area contributed by atoms with Crippen LogP contribution in [0.5, 0.6) is 5.75 Å². The van der Waals surface area contributed by atoms with Crippen LogP contribution < -0.4 is 15.4 Å². The van der Waals surface area contributed by atoms with Gasteiger partial charge in [0.15, 0.2) is 5.82 Å². The number of amides is 1. The zero-order chi connectivity index (χ0) is 19.2. The molecule has 0 spiro atoms. The fraction of sp³-hybridized carbons (Fsp3) is 0.263. The Bertz CT molecular complexity index is 903. The van der Waals surface area contributed by atoms with E-state index in [1.807, 2.05) is 32.0 Å². The second kappa shape index (κ2) is 8.31. The van der Waals surface area contributed by atoms with Crippen LogP contribution in [-0.4, -0.2) is 46.1 Å². The number of aromatic nitrogens is 4. The first-order chi connectivity index (χ1) is 13.1. The standard InChI is InChI=1S/C19H22N6O2/c1-13-12-14(2)25(24-13)18-9-8-17(22-23-18)20-10-11-21-19(26)15-4-6-16(27-3)7-5-15/h4-9,12H,10-11H2,1-3H3,(H,20,22)(H,21,26). The predicted molar refractivity (Wildman–Crippen MR) is 102 cm³/mol. The molecule has 0 fully saturated rings. The quantitative estimate of drug-likeness (QED) is 0.622. The van der Waals surface area contributed by atoms with E-state index in [0.717, 1.165) is 17.1 Å². The molecule has 3 rings (SSSR count). The second-order valence-electron chi connectivity index (χ2n) is 6.03. The van der Waals surface area contributed by atoms with Gasteiger partial charge in [0, 0.05) is 24.3 Å². The molecule has 0 unspecified atom stereocenters. The zero-order valence-electron chi connectivity index (χ0n) is 15.6. The molecule has 0 radical (unpaired) electrons. The fourth-order valence-electron chi connectivity index (χ4n) is 2.60. The minimum absolute atomic E-state index is 0.134. The molecule has 0 bridgehead atoms. The summed E-state index contributed by atoms with van der Waals surface area (Å²) < 4.78 is 6.83. The van der Waals surface area contributed by atoms with E-state index in [4.69, 9.17) is 4.74 Å². The summed E-state index contributed by atoms with van der Waals surface area (Å²) in [6, 6.07) is 12.6. The van der Waals surface area contributed by atoms with Crippen LogP contribution in [0.4, 0.5) is 5.82 Å². The van der Waals surface area contributed by atoms with Crippen LogP contribution in [0.25, 0.3) is 5.82 Å². The topological polar surface area (TPSA) is 94.0 Å². The number of anilines is 1. The van der Waals surface area contributed by atoms with Crippen molar-refractivity contribution in [2.75, 3.05) is 25.5 Å². The van der Waals surface area contributed by atoms with Crippen LogP contribution in [0.1, 0.15) is 21.7 Å².